The Morgan fingerprint density at radius 2 is 2.20 bits per heavy atom. The van der Waals surface area contributed by atoms with Crippen LogP contribution in [0.5, 0.6) is 0 Å². The molecule has 5 heteroatoms. The molecule has 20 heavy (non-hydrogen) atoms. The van der Waals surface area contributed by atoms with Gasteiger partial charge in [0.15, 0.2) is 0 Å². The molecule has 2 rings (SSSR count). The van der Waals surface area contributed by atoms with E-state index in [0.29, 0.717) is 6.54 Å². The summed E-state index contributed by atoms with van der Waals surface area (Å²) in [6.07, 6.45) is 4.95. The highest BCUT2D eigenvalue weighted by atomic mass is 16.6. The minimum atomic E-state index is -0.501. The second kappa shape index (κ2) is 5.77. The minimum Gasteiger partial charge on any atom is -0.444 e. The van der Waals surface area contributed by atoms with Crippen molar-refractivity contribution in [2.24, 2.45) is 0 Å². The summed E-state index contributed by atoms with van der Waals surface area (Å²) in [7, 11) is 0. The van der Waals surface area contributed by atoms with Gasteiger partial charge < -0.3 is 9.30 Å². The van der Waals surface area contributed by atoms with Crippen molar-refractivity contribution in [3.63, 3.8) is 0 Å². The Kier molecular flexibility index (Phi) is 4.08. The molecule has 0 fully saturated rings. The predicted molar refractivity (Wildman–Crippen MR) is 77.6 cm³/mol. The third kappa shape index (κ3) is 4.42. The van der Waals surface area contributed by atoms with Crippen molar-refractivity contribution in [3.8, 4) is 0 Å². The molecule has 0 bridgehead atoms. The fraction of sp³-hybridized carbons (Fsp3) is 0.333. The lowest BCUT2D eigenvalue weighted by Gasteiger charge is -2.19. The zero-order chi connectivity index (χ0) is 14.6. The number of imidazole rings is 1. The Labute approximate surface area is 118 Å². The molecule has 1 aromatic heterocycles. The molecule has 1 aromatic carbocycles. The molecule has 2 aromatic rings. The van der Waals surface area contributed by atoms with Crippen LogP contribution in [0, 0.1) is 0 Å². The van der Waals surface area contributed by atoms with Crippen molar-refractivity contribution in [2.45, 2.75) is 32.9 Å². The van der Waals surface area contributed by atoms with Gasteiger partial charge >= 0.3 is 6.09 Å². The first-order valence-corrected chi connectivity index (χ1v) is 6.47. The van der Waals surface area contributed by atoms with E-state index in [1.165, 1.54) is 0 Å². The third-order valence-corrected chi connectivity index (χ3v) is 2.50. The first-order valence-electron chi connectivity index (χ1n) is 6.47. The molecule has 106 valence electrons. The molecule has 0 spiro atoms. The molecule has 0 aliphatic carbocycles. The van der Waals surface area contributed by atoms with E-state index in [-0.39, 0.29) is 0 Å². The van der Waals surface area contributed by atoms with Gasteiger partial charge in [-0.2, -0.15) is 0 Å². The molecule has 0 saturated heterocycles. The summed E-state index contributed by atoms with van der Waals surface area (Å²) in [5, 5.41) is 2.73. The van der Waals surface area contributed by atoms with Crippen molar-refractivity contribution < 1.29 is 9.53 Å². The first kappa shape index (κ1) is 14.1. The fourth-order valence-electron chi connectivity index (χ4n) is 1.76. The lowest BCUT2D eigenvalue weighted by Crippen LogP contribution is -2.27. The first-order chi connectivity index (χ1) is 9.42. The number of benzene rings is 1. The highest BCUT2D eigenvalue weighted by Crippen LogP contribution is 2.14. The quantitative estimate of drug-likeness (QED) is 0.933. The van der Waals surface area contributed by atoms with Gasteiger partial charge in [0, 0.05) is 24.6 Å². The average molecular weight is 273 g/mol. The Hall–Kier alpha value is -2.30. The van der Waals surface area contributed by atoms with Crippen LogP contribution in [-0.4, -0.2) is 21.2 Å². The molecule has 1 N–H and O–H groups in total. The average Bonchev–Trinajstić information content (AvgIpc) is 2.79. The summed E-state index contributed by atoms with van der Waals surface area (Å²) in [5.74, 6) is 0. The van der Waals surface area contributed by atoms with Gasteiger partial charge in [-0.25, -0.2) is 9.78 Å². The maximum absolute atomic E-state index is 11.7. The summed E-state index contributed by atoms with van der Waals surface area (Å²) < 4.78 is 7.19. The van der Waals surface area contributed by atoms with Crippen LogP contribution in [0.15, 0.2) is 43.0 Å². The van der Waals surface area contributed by atoms with Gasteiger partial charge in [-0.3, -0.25) is 5.32 Å². The van der Waals surface area contributed by atoms with E-state index >= 15 is 0 Å². The second-order valence-corrected chi connectivity index (χ2v) is 5.56. The van der Waals surface area contributed by atoms with E-state index < -0.39 is 11.7 Å². The summed E-state index contributed by atoms with van der Waals surface area (Å²) in [6, 6.07) is 7.66. The van der Waals surface area contributed by atoms with Gasteiger partial charge in [0.05, 0.1) is 6.33 Å². The number of rotatable bonds is 3. The lowest BCUT2D eigenvalue weighted by atomic mass is 10.2. The standard InChI is InChI=1S/C15H19N3O2/c1-15(2,3)20-14(19)17-13-6-4-5-12(9-13)10-18-8-7-16-11-18/h4-9,11H,10H2,1-3H3,(H,17,19). The van der Waals surface area contributed by atoms with E-state index in [1.807, 2.05) is 55.8 Å². The number of aromatic nitrogens is 2. The number of hydrogen-bond donors (Lipinski definition) is 1. The number of hydrogen-bond acceptors (Lipinski definition) is 3. The number of amides is 1. The van der Waals surface area contributed by atoms with Crippen molar-refractivity contribution in [3.05, 3.63) is 48.5 Å². The topological polar surface area (TPSA) is 56.1 Å². The third-order valence-electron chi connectivity index (χ3n) is 2.50. The zero-order valence-electron chi connectivity index (χ0n) is 12.0. The Balaban J connectivity index is 2.01. The number of carbonyl (C=O) groups excluding carboxylic acids is 1. The minimum absolute atomic E-state index is 0.447. The molecule has 1 amide bonds. The number of nitrogens with zero attached hydrogens (tertiary/aromatic N) is 2. The molecule has 0 saturated carbocycles. The maximum atomic E-state index is 11.7. The predicted octanol–water partition coefficient (Wildman–Crippen LogP) is 3.28. The smallest absolute Gasteiger partial charge is 0.412 e. The van der Waals surface area contributed by atoms with Crippen LogP contribution < -0.4 is 5.32 Å². The molecular formula is C15H19N3O2. The zero-order valence-corrected chi connectivity index (χ0v) is 12.0. The van der Waals surface area contributed by atoms with Gasteiger partial charge in [-0.05, 0) is 38.5 Å². The van der Waals surface area contributed by atoms with Crippen LogP contribution in [0.25, 0.3) is 0 Å². The van der Waals surface area contributed by atoms with Gasteiger partial charge in [0.2, 0.25) is 0 Å². The fourth-order valence-corrected chi connectivity index (χ4v) is 1.76. The number of carbonyl (C=O) groups is 1. The van der Waals surface area contributed by atoms with Gasteiger partial charge in [0.25, 0.3) is 0 Å². The summed E-state index contributed by atoms with van der Waals surface area (Å²) in [6.45, 7) is 6.22. The summed E-state index contributed by atoms with van der Waals surface area (Å²) in [5.41, 5.74) is 1.30. The SMILES string of the molecule is CC(C)(C)OC(=O)Nc1cccc(Cn2ccnc2)c1. The number of anilines is 1. The highest BCUT2D eigenvalue weighted by molar-refractivity contribution is 5.84. The highest BCUT2D eigenvalue weighted by Gasteiger charge is 2.16. The molecule has 0 aliphatic rings. The van der Waals surface area contributed by atoms with Crippen LogP contribution >= 0.6 is 0 Å². The van der Waals surface area contributed by atoms with E-state index in [1.54, 1.807) is 12.5 Å². The Morgan fingerprint density at radius 3 is 2.85 bits per heavy atom. The number of ether oxygens (including phenoxy) is 1. The van der Waals surface area contributed by atoms with E-state index in [4.69, 9.17) is 4.74 Å². The van der Waals surface area contributed by atoms with Crippen LogP contribution in [-0.2, 0) is 11.3 Å². The summed E-state index contributed by atoms with van der Waals surface area (Å²) >= 11 is 0. The van der Waals surface area contributed by atoms with Gasteiger partial charge in [0.1, 0.15) is 5.60 Å². The molecular weight excluding hydrogens is 254 g/mol. The molecule has 5 nitrogen and oxygen atoms in total. The van der Waals surface area contributed by atoms with Crippen molar-refractivity contribution in [2.75, 3.05) is 5.32 Å². The molecule has 0 unspecified atom stereocenters. The normalized spacial score (nSPS) is 11.2. The lowest BCUT2D eigenvalue weighted by molar-refractivity contribution is 0.0636. The van der Waals surface area contributed by atoms with Crippen molar-refractivity contribution >= 4 is 11.8 Å². The number of nitrogens with one attached hydrogen (secondary N) is 1. The Morgan fingerprint density at radius 1 is 1.40 bits per heavy atom. The van der Waals surface area contributed by atoms with Crippen molar-refractivity contribution in [1.82, 2.24) is 9.55 Å². The van der Waals surface area contributed by atoms with E-state index in [9.17, 15) is 4.79 Å². The van der Waals surface area contributed by atoms with Crippen LogP contribution in [0.4, 0.5) is 10.5 Å². The second-order valence-electron chi connectivity index (χ2n) is 5.56. The molecule has 1 heterocycles. The molecule has 0 aliphatic heterocycles. The van der Waals surface area contributed by atoms with Crippen LogP contribution in [0.1, 0.15) is 26.3 Å². The summed E-state index contributed by atoms with van der Waals surface area (Å²) in [4.78, 5) is 15.7. The van der Waals surface area contributed by atoms with Crippen LogP contribution in [0.3, 0.4) is 0 Å². The van der Waals surface area contributed by atoms with Gasteiger partial charge in [-0.15, -0.1) is 0 Å². The molecule has 0 atom stereocenters. The van der Waals surface area contributed by atoms with Crippen molar-refractivity contribution in [1.29, 1.82) is 0 Å². The molecule has 0 radical (unpaired) electrons. The van der Waals surface area contributed by atoms with E-state index in [2.05, 4.69) is 10.3 Å². The van der Waals surface area contributed by atoms with Gasteiger partial charge in [-0.1, -0.05) is 12.1 Å². The van der Waals surface area contributed by atoms with E-state index in [0.717, 1.165) is 11.3 Å². The largest absolute Gasteiger partial charge is 0.444 e. The maximum Gasteiger partial charge on any atom is 0.412 e. The monoisotopic (exact) mass is 273 g/mol. The van der Waals surface area contributed by atoms with Crippen LogP contribution in [0.2, 0.25) is 0 Å². The Bertz CT molecular complexity index is 571.